The molecule has 1 aromatic heterocycles. The number of aromatic nitrogens is 2. The number of hydrogen-bond donors (Lipinski definition) is 2. The number of sulfonamides is 1. The Labute approximate surface area is 126 Å². The molecule has 0 bridgehead atoms. The van der Waals surface area contributed by atoms with Gasteiger partial charge in [0.15, 0.2) is 0 Å². The van der Waals surface area contributed by atoms with Crippen molar-refractivity contribution in [2.45, 2.75) is 24.8 Å². The highest BCUT2D eigenvalue weighted by molar-refractivity contribution is 7.92. The fourth-order valence-electron chi connectivity index (χ4n) is 1.63. The average molecular weight is 333 g/mol. The second-order valence-electron chi connectivity index (χ2n) is 4.71. The summed E-state index contributed by atoms with van der Waals surface area (Å²) >= 11 is 5.77. The zero-order valence-corrected chi connectivity index (χ0v) is 12.9. The van der Waals surface area contributed by atoms with Gasteiger partial charge in [0.05, 0.1) is 22.6 Å². The lowest BCUT2D eigenvalue weighted by Crippen LogP contribution is -2.14. The van der Waals surface area contributed by atoms with Crippen LogP contribution in [0.2, 0.25) is 5.02 Å². The van der Waals surface area contributed by atoms with E-state index in [0.29, 0.717) is 0 Å². The van der Waals surface area contributed by atoms with E-state index in [1.165, 1.54) is 6.20 Å². The van der Waals surface area contributed by atoms with Gasteiger partial charge in [0.2, 0.25) is 0 Å². The Morgan fingerprint density at radius 2 is 2.10 bits per heavy atom. The van der Waals surface area contributed by atoms with Crippen molar-refractivity contribution in [2.24, 2.45) is 0 Å². The summed E-state index contributed by atoms with van der Waals surface area (Å²) in [6.07, 6.45) is 2.92. The summed E-state index contributed by atoms with van der Waals surface area (Å²) in [7, 11) is -3.98. The van der Waals surface area contributed by atoms with Gasteiger partial charge in [-0.15, -0.1) is 0 Å². The van der Waals surface area contributed by atoms with E-state index in [-0.39, 0.29) is 27.3 Å². The number of nitrogens with one attached hydrogen (secondary N) is 1. The molecule has 0 atom stereocenters. The van der Waals surface area contributed by atoms with Crippen molar-refractivity contribution >= 4 is 33.0 Å². The third-order valence-electron chi connectivity index (χ3n) is 2.72. The van der Waals surface area contributed by atoms with Gasteiger partial charge < -0.3 is 5.73 Å². The topological polar surface area (TPSA) is 90.0 Å². The Hall–Kier alpha value is -1.80. The zero-order chi connectivity index (χ0) is 15.8. The zero-order valence-electron chi connectivity index (χ0n) is 11.3. The van der Waals surface area contributed by atoms with Crippen LogP contribution >= 0.6 is 11.6 Å². The molecule has 0 fully saturated rings. The van der Waals surface area contributed by atoms with Crippen LogP contribution in [0.1, 0.15) is 19.9 Å². The summed E-state index contributed by atoms with van der Waals surface area (Å²) in [5.41, 5.74) is 5.37. The summed E-state index contributed by atoms with van der Waals surface area (Å²) < 4.78 is 41.7. The van der Waals surface area contributed by atoms with Gasteiger partial charge in [-0.2, -0.15) is 5.10 Å². The molecule has 0 unspecified atom stereocenters. The van der Waals surface area contributed by atoms with Gasteiger partial charge in [-0.05, 0) is 26.0 Å². The number of nitrogens with zero attached hydrogens (tertiary/aromatic N) is 2. The minimum absolute atomic E-state index is 0.0910. The van der Waals surface area contributed by atoms with Gasteiger partial charge in [-0.3, -0.25) is 9.40 Å². The SMILES string of the molecule is CC(C)n1cc(NS(=O)(=O)c2cc(N)c(F)cc2Cl)cn1. The van der Waals surface area contributed by atoms with Crippen molar-refractivity contribution in [3.63, 3.8) is 0 Å². The van der Waals surface area contributed by atoms with E-state index in [0.717, 1.165) is 12.1 Å². The van der Waals surface area contributed by atoms with E-state index < -0.39 is 15.8 Å². The van der Waals surface area contributed by atoms with Gasteiger partial charge in [-0.1, -0.05) is 11.6 Å². The minimum atomic E-state index is -3.98. The smallest absolute Gasteiger partial charge is 0.263 e. The first-order valence-electron chi connectivity index (χ1n) is 6.02. The van der Waals surface area contributed by atoms with Gasteiger partial charge in [-0.25, -0.2) is 12.8 Å². The Kier molecular flexibility index (Phi) is 4.11. The number of hydrogen-bond acceptors (Lipinski definition) is 4. The number of halogens is 2. The predicted molar refractivity (Wildman–Crippen MR) is 79.2 cm³/mol. The molecule has 1 heterocycles. The van der Waals surface area contributed by atoms with Gasteiger partial charge in [0.25, 0.3) is 10.0 Å². The van der Waals surface area contributed by atoms with E-state index in [2.05, 4.69) is 9.82 Å². The molecule has 0 amide bonds. The number of benzene rings is 1. The lowest BCUT2D eigenvalue weighted by molar-refractivity contribution is 0.532. The van der Waals surface area contributed by atoms with E-state index in [9.17, 15) is 12.8 Å². The summed E-state index contributed by atoms with van der Waals surface area (Å²) in [5, 5.41) is 3.77. The first kappa shape index (κ1) is 15.6. The van der Waals surface area contributed by atoms with Crippen LogP contribution in [0, 0.1) is 5.82 Å². The molecular weight excluding hydrogens is 319 g/mol. The van der Waals surface area contributed by atoms with Crippen LogP contribution in [0.5, 0.6) is 0 Å². The Morgan fingerprint density at radius 1 is 1.43 bits per heavy atom. The van der Waals surface area contributed by atoms with Crippen molar-refractivity contribution in [1.82, 2.24) is 9.78 Å². The third-order valence-corrected chi connectivity index (χ3v) is 4.57. The second-order valence-corrected chi connectivity index (χ2v) is 6.77. The standard InChI is InChI=1S/C12H14ClFN4O2S/c1-7(2)18-6-8(5-16-18)17-21(19,20)12-4-11(15)10(14)3-9(12)13/h3-7,17H,15H2,1-2H3. The van der Waals surface area contributed by atoms with Crippen LogP contribution in [-0.2, 0) is 10.0 Å². The molecule has 2 rings (SSSR count). The lowest BCUT2D eigenvalue weighted by atomic mass is 10.3. The summed E-state index contributed by atoms with van der Waals surface area (Å²) in [4.78, 5) is -0.291. The van der Waals surface area contributed by atoms with Crippen molar-refractivity contribution in [1.29, 1.82) is 0 Å². The monoisotopic (exact) mass is 332 g/mol. The minimum Gasteiger partial charge on any atom is -0.396 e. The predicted octanol–water partition coefficient (Wildman–Crippen LogP) is 2.64. The average Bonchev–Trinajstić information content (AvgIpc) is 2.81. The highest BCUT2D eigenvalue weighted by Gasteiger charge is 2.21. The molecule has 9 heteroatoms. The second kappa shape index (κ2) is 5.53. The number of nitrogens with two attached hydrogens (primary N) is 1. The molecule has 0 radical (unpaired) electrons. The van der Waals surface area contributed by atoms with E-state index >= 15 is 0 Å². The first-order chi connectivity index (χ1) is 9.70. The number of anilines is 2. The Balaban J connectivity index is 2.36. The van der Waals surface area contributed by atoms with Crippen LogP contribution in [0.3, 0.4) is 0 Å². The largest absolute Gasteiger partial charge is 0.396 e. The highest BCUT2D eigenvalue weighted by Crippen LogP contribution is 2.28. The molecule has 0 aliphatic rings. The summed E-state index contributed by atoms with van der Waals surface area (Å²) in [6.45, 7) is 3.81. The molecule has 6 nitrogen and oxygen atoms in total. The van der Waals surface area contributed by atoms with Crippen molar-refractivity contribution < 1.29 is 12.8 Å². The Bertz CT molecular complexity index is 774. The van der Waals surface area contributed by atoms with E-state index in [4.69, 9.17) is 17.3 Å². The fourth-order valence-corrected chi connectivity index (χ4v) is 3.21. The van der Waals surface area contributed by atoms with Crippen molar-refractivity contribution in [3.8, 4) is 0 Å². The van der Waals surface area contributed by atoms with Gasteiger partial charge >= 0.3 is 0 Å². The molecule has 0 aliphatic carbocycles. The molecular formula is C12H14ClFN4O2S. The normalized spacial score (nSPS) is 11.9. The van der Waals surface area contributed by atoms with Crippen LogP contribution in [0.15, 0.2) is 29.4 Å². The summed E-state index contributed by atoms with van der Waals surface area (Å²) in [6, 6.07) is 1.93. The lowest BCUT2D eigenvalue weighted by Gasteiger charge is -2.09. The maximum Gasteiger partial charge on any atom is 0.263 e. The quantitative estimate of drug-likeness (QED) is 0.842. The molecule has 0 saturated carbocycles. The van der Waals surface area contributed by atoms with Crippen LogP contribution in [-0.4, -0.2) is 18.2 Å². The van der Waals surface area contributed by atoms with Gasteiger partial charge in [0, 0.05) is 12.2 Å². The maximum atomic E-state index is 13.2. The number of rotatable bonds is 4. The third kappa shape index (κ3) is 3.27. The van der Waals surface area contributed by atoms with Crippen LogP contribution < -0.4 is 10.5 Å². The summed E-state index contributed by atoms with van der Waals surface area (Å²) in [5.74, 6) is -0.772. The number of nitrogen functional groups attached to an aromatic ring is 1. The first-order valence-corrected chi connectivity index (χ1v) is 7.88. The molecule has 3 N–H and O–H groups in total. The molecule has 21 heavy (non-hydrogen) atoms. The Morgan fingerprint density at radius 3 is 2.67 bits per heavy atom. The van der Waals surface area contributed by atoms with E-state index in [1.54, 1.807) is 10.9 Å². The molecule has 0 spiro atoms. The van der Waals surface area contributed by atoms with Crippen molar-refractivity contribution in [2.75, 3.05) is 10.5 Å². The fraction of sp³-hybridized carbons (Fsp3) is 0.250. The maximum absolute atomic E-state index is 13.2. The molecule has 2 aromatic rings. The van der Waals surface area contributed by atoms with Crippen LogP contribution in [0.4, 0.5) is 15.8 Å². The molecule has 0 aliphatic heterocycles. The van der Waals surface area contributed by atoms with Crippen molar-refractivity contribution in [3.05, 3.63) is 35.4 Å². The molecule has 1 aromatic carbocycles. The van der Waals surface area contributed by atoms with Crippen LogP contribution in [0.25, 0.3) is 0 Å². The van der Waals surface area contributed by atoms with E-state index in [1.807, 2.05) is 13.8 Å². The highest BCUT2D eigenvalue weighted by atomic mass is 35.5. The molecule has 114 valence electrons. The molecule has 0 saturated heterocycles. The van der Waals surface area contributed by atoms with Gasteiger partial charge in [0.1, 0.15) is 10.7 Å².